The topological polar surface area (TPSA) is 92.8 Å². The van der Waals surface area contributed by atoms with Gasteiger partial charge >= 0.3 is 6.03 Å². The van der Waals surface area contributed by atoms with Crippen molar-refractivity contribution in [3.63, 3.8) is 0 Å². The van der Waals surface area contributed by atoms with E-state index in [0.29, 0.717) is 11.1 Å². The molecule has 7 nitrogen and oxygen atoms in total. The van der Waals surface area contributed by atoms with Crippen LogP contribution < -0.4 is 5.32 Å². The van der Waals surface area contributed by atoms with Gasteiger partial charge in [0.2, 0.25) is 0 Å². The monoisotopic (exact) mass is 450 g/mol. The van der Waals surface area contributed by atoms with Crippen molar-refractivity contribution in [2.24, 2.45) is 0 Å². The molecule has 1 aliphatic rings. The van der Waals surface area contributed by atoms with Gasteiger partial charge in [-0.1, -0.05) is 78.4 Å². The third-order valence-corrected chi connectivity index (χ3v) is 6.71. The molecule has 0 radical (unpaired) electrons. The first kappa shape index (κ1) is 21.7. The van der Waals surface area contributed by atoms with Gasteiger partial charge in [0.25, 0.3) is 16.0 Å². The molecule has 164 valence electrons. The molecule has 0 aromatic heterocycles. The minimum Gasteiger partial charge on any atom is -0.315 e. The summed E-state index contributed by atoms with van der Waals surface area (Å²) >= 11 is 0. The number of rotatable bonds is 7. The van der Waals surface area contributed by atoms with Crippen LogP contribution in [0.2, 0.25) is 0 Å². The first-order chi connectivity index (χ1) is 15.3. The SMILES string of the molecule is Cc1ccc(S(=O)(=O)OCCN2C(=O)NC(c3ccccc3)(c3ccccc3)C2=O)cc1. The number of benzene rings is 3. The molecule has 3 aromatic rings. The second-order valence-electron chi connectivity index (χ2n) is 7.46. The average Bonchev–Trinajstić information content (AvgIpc) is 3.06. The van der Waals surface area contributed by atoms with Crippen molar-refractivity contribution in [2.45, 2.75) is 17.4 Å². The van der Waals surface area contributed by atoms with E-state index < -0.39 is 27.6 Å². The van der Waals surface area contributed by atoms with Crippen molar-refractivity contribution in [1.29, 1.82) is 0 Å². The normalized spacial score (nSPS) is 15.6. The van der Waals surface area contributed by atoms with Gasteiger partial charge < -0.3 is 5.32 Å². The van der Waals surface area contributed by atoms with Gasteiger partial charge in [-0.15, -0.1) is 0 Å². The molecule has 1 fully saturated rings. The molecule has 3 aromatic carbocycles. The van der Waals surface area contributed by atoms with Crippen LogP contribution in [-0.4, -0.2) is 38.4 Å². The number of imide groups is 1. The van der Waals surface area contributed by atoms with Gasteiger partial charge in [0, 0.05) is 0 Å². The first-order valence-electron chi connectivity index (χ1n) is 10.1. The van der Waals surface area contributed by atoms with Crippen LogP contribution in [0.3, 0.4) is 0 Å². The molecule has 0 aliphatic carbocycles. The van der Waals surface area contributed by atoms with Crippen LogP contribution in [0.1, 0.15) is 16.7 Å². The predicted octanol–water partition coefficient (Wildman–Crippen LogP) is 3.20. The lowest BCUT2D eigenvalue weighted by Gasteiger charge is -2.28. The Hall–Kier alpha value is -3.49. The molecule has 0 atom stereocenters. The van der Waals surface area contributed by atoms with Crippen molar-refractivity contribution >= 4 is 22.1 Å². The van der Waals surface area contributed by atoms with Crippen LogP contribution in [0.4, 0.5) is 4.79 Å². The summed E-state index contributed by atoms with van der Waals surface area (Å²) in [5.41, 5.74) is 0.747. The van der Waals surface area contributed by atoms with E-state index in [1.165, 1.54) is 12.1 Å². The van der Waals surface area contributed by atoms with E-state index >= 15 is 0 Å². The number of aryl methyl sites for hydroxylation is 1. The minimum absolute atomic E-state index is 0.0169. The van der Waals surface area contributed by atoms with Crippen LogP contribution in [0.15, 0.2) is 89.8 Å². The minimum atomic E-state index is -4.01. The smallest absolute Gasteiger partial charge is 0.315 e. The maximum Gasteiger partial charge on any atom is 0.325 e. The first-order valence-corrected chi connectivity index (χ1v) is 11.5. The molecule has 1 aliphatic heterocycles. The van der Waals surface area contributed by atoms with Gasteiger partial charge in [0.15, 0.2) is 5.54 Å². The van der Waals surface area contributed by atoms with Gasteiger partial charge in [-0.05, 0) is 30.2 Å². The third kappa shape index (κ3) is 3.90. The van der Waals surface area contributed by atoms with E-state index in [1.807, 2.05) is 19.1 Å². The quantitative estimate of drug-likeness (QED) is 0.441. The number of urea groups is 1. The van der Waals surface area contributed by atoms with E-state index in [-0.39, 0.29) is 18.0 Å². The zero-order valence-electron chi connectivity index (χ0n) is 17.4. The summed E-state index contributed by atoms with van der Waals surface area (Å²) in [7, 11) is -4.01. The molecule has 8 heteroatoms. The maximum atomic E-state index is 13.5. The van der Waals surface area contributed by atoms with E-state index in [0.717, 1.165) is 10.5 Å². The van der Waals surface area contributed by atoms with Gasteiger partial charge in [-0.2, -0.15) is 8.42 Å². The van der Waals surface area contributed by atoms with Crippen molar-refractivity contribution in [3.05, 3.63) is 102 Å². The highest BCUT2D eigenvalue weighted by Crippen LogP contribution is 2.35. The molecule has 0 saturated carbocycles. The number of hydrogen-bond acceptors (Lipinski definition) is 5. The van der Waals surface area contributed by atoms with E-state index in [9.17, 15) is 18.0 Å². The lowest BCUT2D eigenvalue weighted by Crippen LogP contribution is -2.45. The second kappa shape index (κ2) is 8.57. The fraction of sp³-hybridized carbons (Fsp3) is 0.167. The molecule has 1 saturated heterocycles. The molecule has 0 bridgehead atoms. The summed E-state index contributed by atoms with van der Waals surface area (Å²) in [6.45, 7) is 1.28. The Morgan fingerprint density at radius 3 is 1.91 bits per heavy atom. The number of nitrogens with zero attached hydrogens (tertiary/aromatic N) is 1. The molecular weight excluding hydrogens is 428 g/mol. The number of amides is 3. The molecule has 1 heterocycles. The molecule has 3 amide bonds. The summed E-state index contributed by atoms with van der Waals surface area (Å²) < 4.78 is 29.9. The Kier molecular flexibility index (Phi) is 5.82. The highest BCUT2D eigenvalue weighted by Gasteiger charge is 2.53. The Balaban J connectivity index is 1.57. The molecular formula is C24H22N2O5S. The van der Waals surface area contributed by atoms with E-state index in [1.54, 1.807) is 60.7 Å². The lowest BCUT2D eigenvalue weighted by molar-refractivity contribution is -0.130. The van der Waals surface area contributed by atoms with Crippen LogP contribution in [0, 0.1) is 6.92 Å². The lowest BCUT2D eigenvalue weighted by atomic mass is 9.82. The van der Waals surface area contributed by atoms with Crippen LogP contribution >= 0.6 is 0 Å². The number of carbonyl (C=O) groups is 2. The fourth-order valence-electron chi connectivity index (χ4n) is 3.72. The van der Waals surface area contributed by atoms with Gasteiger partial charge in [-0.25, -0.2) is 4.79 Å². The highest BCUT2D eigenvalue weighted by molar-refractivity contribution is 7.86. The Morgan fingerprint density at radius 2 is 1.38 bits per heavy atom. The molecule has 0 unspecified atom stereocenters. The van der Waals surface area contributed by atoms with Crippen molar-refractivity contribution < 1.29 is 22.2 Å². The summed E-state index contributed by atoms with van der Waals surface area (Å²) in [6.07, 6.45) is 0. The standard InChI is InChI=1S/C24H22N2O5S/c1-18-12-14-21(15-13-18)32(29,30)31-17-16-26-22(27)24(25-23(26)28,19-8-4-2-5-9-19)20-10-6-3-7-11-20/h2-15H,16-17H2,1H3,(H,25,28). The van der Waals surface area contributed by atoms with E-state index in [4.69, 9.17) is 4.18 Å². The highest BCUT2D eigenvalue weighted by atomic mass is 32.2. The van der Waals surface area contributed by atoms with Crippen LogP contribution in [0.25, 0.3) is 0 Å². The fourth-order valence-corrected chi connectivity index (χ4v) is 4.62. The van der Waals surface area contributed by atoms with Crippen LogP contribution in [-0.2, 0) is 24.6 Å². The number of nitrogens with one attached hydrogen (secondary N) is 1. The molecule has 0 spiro atoms. The summed E-state index contributed by atoms with van der Waals surface area (Å²) in [4.78, 5) is 27.3. The van der Waals surface area contributed by atoms with Crippen molar-refractivity contribution in [2.75, 3.05) is 13.2 Å². The Labute approximate surface area is 186 Å². The molecule has 4 rings (SSSR count). The Bertz CT molecular complexity index is 1190. The van der Waals surface area contributed by atoms with Gasteiger partial charge in [0.1, 0.15) is 0 Å². The largest absolute Gasteiger partial charge is 0.325 e. The zero-order valence-corrected chi connectivity index (χ0v) is 18.2. The van der Waals surface area contributed by atoms with Gasteiger partial charge in [-0.3, -0.25) is 13.9 Å². The summed E-state index contributed by atoms with van der Waals surface area (Å²) in [5, 5.41) is 2.82. The van der Waals surface area contributed by atoms with Crippen LogP contribution in [0.5, 0.6) is 0 Å². The number of carbonyl (C=O) groups excluding carboxylic acids is 2. The predicted molar refractivity (Wildman–Crippen MR) is 118 cm³/mol. The van der Waals surface area contributed by atoms with E-state index in [2.05, 4.69) is 5.32 Å². The maximum absolute atomic E-state index is 13.5. The van der Waals surface area contributed by atoms with Crippen molar-refractivity contribution in [1.82, 2.24) is 10.2 Å². The Morgan fingerprint density at radius 1 is 0.844 bits per heavy atom. The van der Waals surface area contributed by atoms with Gasteiger partial charge in [0.05, 0.1) is 18.0 Å². The molecule has 1 N–H and O–H groups in total. The van der Waals surface area contributed by atoms with Crippen molar-refractivity contribution in [3.8, 4) is 0 Å². The number of hydrogen-bond donors (Lipinski definition) is 1. The molecule has 32 heavy (non-hydrogen) atoms. The average molecular weight is 451 g/mol. The summed E-state index contributed by atoms with van der Waals surface area (Å²) in [5.74, 6) is -0.490. The second-order valence-corrected chi connectivity index (χ2v) is 9.07. The third-order valence-electron chi connectivity index (χ3n) is 5.38. The zero-order chi connectivity index (χ0) is 22.8. The summed E-state index contributed by atoms with van der Waals surface area (Å²) in [6, 6.07) is 23.5.